The first-order chi connectivity index (χ1) is 15.3. The number of fused-ring (bicyclic) bond motifs is 2. The highest BCUT2D eigenvalue weighted by Crippen LogP contribution is 2.29. The molecule has 2 aromatic heterocycles. The van der Waals surface area contributed by atoms with Gasteiger partial charge in [0.1, 0.15) is 15.0 Å². The van der Waals surface area contributed by atoms with Gasteiger partial charge in [0.15, 0.2) is 5.13 Å². The number of halogens is 2. The Morgan fingerprint density at radius 2 is 2.16 bits per heavy atom. The van der Waals surface area contributed by atoms with E-state index in [2.05, 4.69) is 20.9 Å². The molecule has 0 bridgehead atoms. The Morgan fingerprint density at radius 1 is 1.31 bits per heavy atom. The van der Waals surface area contributed by atoms with Crippen LogP contribution < -0.4 is 10.5 Å². The SMILES string of the molecule is NC1CCc2cccc(Cn3ncc4cc(S(=O)(=O)Nc5ncc(Cl)s5)c(F)cc43)c2C1. The Hall–Kier alpha value is -2.53. The highest BCUT2D eigenvalue weighted by Gasteiger charge is 2.23. The lowest BCUT2D eigenvalue weighted by Crippen LogP contribution is -2.29. The fourth-order valence-electron chi connectivity index (χ4n) is 4.08. The third-order valence-electron chi connectivity index (χ3n) is 5.63. The fourth-order valence-corrected chi connectivity index (χ4v) is 6.23. The minimum atomic E-state index is -4.18. The van der Waals surface area contributed by atoms with Crippen LogP contribution in [0.5, 0.6) is 0 Å². The van der Waals surface area contributed by atoms with Crippen molar-refractivity contribution in [2.45, 2.75) is 36.7 Å². The van der Waals surface area contributed by atoms with Crippen molar-refractivity contribution in [3.63, 3.8) is 0 Å². The lowest BCUT2D eigenvalue weighted by molar-refractivity contribution is 0.567. The number of sulfonamides is 1. The molecule has 5 rings (SSSR count). The summed E-state index contributed by atoms with van der Waals surface area (Å²) in [6.45, 7) is 0.445. The zero-order chi connectivity index (χ0) is 22.5. The minimum Gasteiger partial charge on any atom is -0.327 e. The van der Waals surface area contributed by atoms with Gasteiger partial charge in [0.25, 0.3) is 10.0 Å². The van der Waals surface area contributed by atoms with Crippen molar-refractivity contribution < 1.29 is 12.8 Å². The summed E-state index contributed by atoms with van der Waals surface area (Å²) in [5.74, 6) is -0.869. The van der Waals surface area contributed by atoms with Crippen molar-refractivity contribution in [3.05, 3.63) is 69.6 Å². The van der Waals surface area contributed by atoms with Crippen LogP contribution in [-0.4, -0.2) is 29.2 Å². The van der Waals surface area contributed by atoms with Gasteiger partial charge in [-0.25, -0.2) is 17.8 Å². The van der Waals surface area contributed by atoms with Gasteiger partial charge in [0.05, 0.1) is 24.5 Å². The van der Waals surface area contributed by atoms with Gasteiger partial charge < -0.3 is 5.73 Å². The summed E-state index contributed by atoms with van der Waals surface area (Å²) in [5, 5.41) is 4.97. The first-order valence-corrected chi connectivity index (χ1v) is 12.6. The maximum atomic E-state index is 14.9. The highest BCUT2D eigenvalue weighted by molar-refractivity contribution is 7.93. The Bertz CT molecular complexity index is 1430. The monoisotopic (exact) mass is 491 g/mol. The Labute approximate surface area is 193 Å². The summed E-state index contributed by atoms with van der Waals surface area (Å²) in [7, 11) is -4.18. The number of nitrogens with two attached hydrogens (primary N) is 1. The number of rotatable bonds is 5. The molecule has 1 atom stereocenters. The number of benzene rings is 2. The number of aromatic nitrogens is 3. The van der Waals surface area contributed by atoms with Crippen molar-refractivity contribution >= 4 is 49.0 Å². The molecule has 0 saturated carbocycles. The average molecular weight is 492 g/mol. The number of hydrogen-bond acceptors (Lipinski definition) is 6. The van der Waals surface area contributed by atoms with Crippen LogP contribution in [-0.2, 0) is 29.4 Å². The smallest absolute Gasteiger partial charge is 0.266 e. The molecule has 0 amide bonds. The van der Waals surface area contributed by atoms with Gasteiger partial charge >= 0.3 is 0 Å². The van der Waals surface area contributed by atoms with E-state index >= 15 is 0 Å². The van der Waals surface area contributed by atoms with Gasteiger partial charge in [0, 0.05) is 17.5 Å². The Morgan fingerprint density at radius 3 is 2.94 bits per heavy atom. The minimum absolute atomic E-state index is 0.0669. The topological polar surface area (TPSA) is 103 Å². The van der Waals surface area contributed by atoms with Crippen LogP contribution in [0.25, 0.3) is 10.9 Å². The van der Waals surface area contributed by atoms with E-state index in [9.17, 15) is 12.8 Å². The zero-order valence-electron chi connectivity index (χ0n) is 16.8. The van der Waals surface area contributed by atoms with E-state index in [1.165, 1.54) is 35.7 Å². The van der Waals surface area contributed by atoms with Gasteiger partial charge in [0.2, 0.25) is 0 Å². The van der Waals surface area contributed by atoms with Crippen LogP contribution in [0.3, 0.4) is 0 Å². The molecule has 1 aliphatic rings. The molecule has 4 aromatic rings. The second-order valence-corrected chi connectivity index (χ2v) is 11.1. The van der Waals surface area contributed by atoms with Crippen LogP contribution in [0, 0.1) is 5.82 Å². The summed E-state index contributed by atoms with van der Waals surface area (Å²) in [5.41, 5.74) is 10.3. The molecule has 0 fully saturated rings. The first-order valence-electron chi connectivity index (χ1n) is 9.94. The van der Waals surface area contributed by atoms with Crippen molar-refractivity contribution in [1.82, 2.24) is 14.8 Å². The van der Waals surface area contributed by atoms with Gasteiger partial charge in [-0.2, -0.15) is 5.10 Å². The van der Waals surface area contributed by atoms with Crippen LogP contribution in [0.15, 0.2) is 47.6 Å². The number of aryl methyl sites for hydroxylation is 1. The predicted molar refractivity (Wildman–Crippen MR) is 123 cm³/mol. The quantitative estimate of drug-likeness (QED) is 0.440. The van der Waals surface area contributed by atoms with Crippen molar-refractivity contribution in [1.29, 1.82) is 0 Å². The lowest BCUT2D eigenvalue weighted by Gasteiger charge is -2.24. The van der Waals surface area contributed by atoms with Crippen molar-refractivity contribution in [2.24, 2.45) is 5.73 Å². The highest BCUT2D eigenvalue weighted by atomic mass is 35.5. The first kappa shape index (κ1) is 21.3. The summed E-state index contributed by atoms with van der Waals surface area (Å²) in [4.78, 5) is 3.39. The normalized spacial score (nSPS) is 16.3. The molecule has 2 aromatic carbocycles. The number of nitrogens with one attached hydrogen (secondary N) is 1. The third kappa shape index (κ3) is 3.99. The lowest BCUT2D eigenvalue weighted by atomic mass is 9.86. The largest absolute Gasteiger partial charge is 0.327 e. The Kier molecular flexibility index (Phi) is 5.40. The maximum Gasteiger partial charge on any atom is 0.266 e. The predicted octanol–water partition coefficient (Wildman–Crippen LogP) is 3.95. The van der Waals surface area contributed by atoms with Gasteiger partial charge in [-0.1, -0.05) is 41.1 Å². The van der Waals surface area contributed by atoms with Gasteiger partial charge in [-0.15, -0.1) is 0 Å². The van der Waals surface area contributed by atoms with E-state index in [1.54, 1.807) is 4.68 Å². The van der Waals surface area contributed by atoms with E-state index in [0.717, 1.165) is 36.2 Å². The molecule has 0 aliphatic heterocycles. The summed E-state index contributed by atoms with van der Waals surface area (Å²) < 4.78 is 44.6. The van der Waals surface area contributed by atoms with Crippen molar-refractivity contribution in [2.75, 3.05) is 4.72 Å². The Balaban J connectivity index is 1.49. The maximum absolute atomic E-state index is 14.9. The molecule has 0 spiro atoms. The number of anilines is 1. The molecule has 1 aliphatic carbocycles. The van der Waals surface area contributed by atoms with Crippen LogP contribution in [0.4, 0.5) is 9.52 Å². The molecular weight excluding hydrogens is 473 g/mol. The molecule has 0 saturated heterocycles. The van der Waals surface area contributed by atoms with Gasteiger partial charge in [-0.05, 0) is 42.0 Å². The summed E-state index contributed by atoms with van der Waals surface area (Å²) in [6, 6.07) is 8.77. The molecule has 1 unspecified atom stereocenters. The van der Waals surface area contributed by atoms with E-state index in [0.29, 0.717) is 21.8 Å². The number of thiazole rings is 1. The molecule has 2 heterocycles. The third-order valence-corrected chi connectivity index (χ3v) is 8.14. The average Bonchev–Trinajstić information content (AvgIpc) is 3.33. The molecule has 166 valence electrons. The van der Waals surface area contributed by atoms with E-state index < -0.39 is 20.7 Å². The van der Waals surface area contributed by atoms with Crippen LogP contribution >= 0.6 is 22.9 Å². The second-order valence-electron chi connectivity index (χ2n) is 7.78. The molecule has 32 heavy (non-hydrogen) atoms. The molecular formula is C21H19ClFN5O2S2. The van der Waals surface area contributed by atoms with Crippen molar-refractivity contribution in [3.8, 4) is 0 Å². The van der Waals surface area contributed by atoms with E-state index in [1.807, 2.05) is 12.1 Å². The number of nitrogens with zero attached hydrogens (tertiary/aromatic N) is 3. The molecule has 0 radical (unpaired) electrons. The molecule has 7 nitrogen and oxygen atoms in total. The number of hydrogen-bond donors (Lipinski definition) is 2. The zero-order valence-corrected chi connectivity index (χ0v) is 19.1. The van der Waals surface area contributed by atoms with Gasteiger partial charge in [-0.3, -0.25) is 9.40 Å². The molecule has 3 N–H and O–H groups in total. The van der Waals surface area contributed by atoms with E-state index in [-0.39, 0.29) is 11.2 Å². The van der Waals surface area contributed by atoms with E-state index in [4.69, 9.17) is 17.3 Å². The second kappa shape index (κ2) is 8.11. The summed E-state index contributed by atoms with van der Waals surface area (Å²) in [6.07, 6.45) is 5.56. The molecule has 11 heteroatoms. The van der Waals surface area contributed by atoms with Crippen LogP contribution in [0.2, 0.25) is 4.34 Å². The standard InChI is InChI=1S/C21H19ClFN5O2S2/c22-20-10-25-21(31-20)27-32(29,30)19-6-14-9-26-28(18(14)8-17(19)23)11-13-3-1-2-12-4-5-15(24)7-16(12)13/h1-3,6,8-10,15H,4-5,7,11,24H2,(H,25,27). The summed E-state index contributed by atoms with van der Waals surface area (Å²) >= 11 is 6.75. The van der Waals surface area contributed by atoms with Crippen LogP contribution in [0.1, 0.15) is 23.1 Å². The fraction of sp³-hybridized carbons (Fsp3) is 0.238.